The first-order valence-electron chi connectivity index (χ1n) is 15.0. The molecule has 1 aromatic heterocycles. The average Bonchev–Trinajstić information content (AvgIpc) is 3.49. The second-order valence-electron chi connectivity index (χ2n) is 11.4. The Morgan fingerprint density at radius 3 is 1.84 bits per heavy atom. The van der Waals surface area contributed by atoms with E-state index in [1.54, 1.807) is 0 Å². The third kappa shape index (κ3) is 3.89. The Balaban J connectivity index is 1.31. The van der Waals surface area contributed by atoms with Gasteiger partial charge in [-0.1, -0.05) is 127 Å². The summed E-state index contributed by atoms with van der Waals surface area (Å²) in [7, 11) is 0. The van der Waals surface area contributed by atoms with E-state index < -0.39 is 0 Å². The monoisotopic (exact) mass is 561 g/mol. The van der Waals surface area contributed by atoms with E-state index in [9.17, 15) is 0 Å². The maximum absolute atomic E-state index is 6.97. The van der Waals surface area contributed by atoms with Gasteiger partial charge >= 0.3 is 0 Å². The number of hydrogen-bond acceptors (Lipinski definition) is 2. The lowest BCUT2D eigenvalue weighted by Crippen LogP contribution is -2.10. The predicted molar refractivity (Wildman–Crippen MR) is 186 cm³/mol. The van der Waals surface area contributed by atoms with Crippen LogP contribution in [0.25, 0.3) is 65.4 Å². The molecule has 206 valence electrons. The van der Waals surface area contributed by atoms with E-state index in [1.807, 2.05) is 0 Å². The molecule has 2 nitrogen and oxygen atoms in total. The lowest BCUT2D eigenvalue weighted by molar-refractivity contribution is 0.673. The van der Waals surface area contributed by atoms with E-state index in [4.69, 9.17) is 4.42 Å². The number of benzene rings is 8. The smallest absolute Gasteiger partial charge is 0.159 e. The number of anilines is 3. The van der Waals surface area contributed by atoms with Crippen molar-refractivity contribution in [1.82, 2.24) is 0 Å². The molecule has 0 atom stereocenters. The van der Waals surface area contributed by atoms with Crippen LogP contribution in [0.4, 0.5) is 17.1 Å². The van der Waals surface area contributed by atoms with E-state index in [-0.39, 0.29) is 0 Å². The number of hydrogen-bond donors (Lipinski definition) is 0. The molecule has 0 saturated carbocycles. The molecule has 9 aromatic rings. The summed E-state index contributed by atoms with van der Waals surface area (Å²) in [6, 6.07) is 58.4. The summed E-state index contributed by atoms with van der Waals surface area (Å²) >= 11 is 0. The minimum Gasteiger partial charge on any atom is -0.453 e. The summed E-state index contributed by atoms with van der Waals surface area (Å²) in [5.74, 6) is 0. The van der Waals surface area contributed by atoms with Gasteiger partial charge in [0.1, 0.15) is 5.58 Å². The van der Waals surface area contributed by atoms with E-state index in [0.29, 0.717) is 0 Å². The average molecular weight is 562 g/mol. The molecule has 0 aliphatic heterocycles. The molecular formula is C42H27NO. The molecule has 2 heteroatoms. The van der Waals surface area contributed by atoms with Gasteiger partial charge in [0.15, 0.2) is 5.58 Å². The first-order chi connectivity index (χ1) is 21.8. The standard InChI is InChI=1S/C42H27NO/c1-2-9-28(10-3-1)30-19-23-34(24-20-30)43(35-25-21-29-11-4-5-13-33(29)27-35)39-16-8-15-37-38-26-22-32-18-17-31-12-6-7-14-36(31)40(32)42(38)44-41(37)39/h1-27H. The molecule has 0 unspecified atom stereocenters. The molecule has 0 bridgehead atoms. The van der Waals surface area contributed by atoms with E-state index in [1.165, 1.54) is 38.1 Å². The fourth-order valence-corrected chi connectivity index (χ4v) is 6.68. The highest BCUT2D eigenvalue weighted by molar-refractivity contribution is 6.24. The van der Waals surface area contributed by atoms with Crippen LogP contribution in [-0.4, -0.2) is 0 Å². The van der Waals surface area contributed by atoms with Crippen LogP contribution in [0.1, 0.15) is 0 Å². The number of furan rings is 1. The molecule has 1 heterocycles. The topological polar surface area (TPSA) is 16.4 Å². The molecule has 0 amide bonds. The maximum atomic E-state index is 6.97. The van der Waals surface area contributed by atoms with Gasteiger partial charge in [-0.25, -0.2) is 0 Å². The highest BCUT2D eigenvalue weighted by Gasteiger charge is 2.21. The molecule has 0 saturated heterocycles. The van der Waals surface area contributed by atoms with Crippen LogP contribution >= 0.6 is 0 Å². The predicted octanol–water partition coefficient (Wildman–Crippen LogP) is 12.2. The second kappa shape index (κ2) is 9.86. The number of fused-ring (bicyclic) bond motifs is 8. The zero-order chi connectivity index (χ0) is 29.0. The van der Waals surface area contributed by atoms with Crippen LogP contribution in [0.5, 0.6) is 0 Å². The first kappa shape index (κ1) is 24.7. The molecule has 8 aromatic carbocycles. The van der Waals surface area contributed by atoms with Gasteiger partial charge in [0.25, 0.3) is 0 Å². The van der Waals surface area contributed by atoms with Gasteiger partial charge in [0, 0.05) is 27.5 Å². The normalized spacial score (nSPS) is 11.6. The summed E-state index contributed by atoms with van der Waals surface area (Å²) < 4.78 is 6.97. The third-order valence-corrected chi connectivity index (χ3v) is 8.82. The van der Waals surface area contributed by atoms with Gasteiger partial charge in [-0.15, -0.1) is 0 Å². The quantitative estimate of drug-likeness (QED) is 0.199. The van der Waals surface area contributed by atoms with Crippen LogP contribution < -0.4 is 4.90 Å². The van der Waals surface area contributed by atoms with Crippen LogP contribution in [0.2, 0.25) is 0 Å². The highest BCUT2D eigenvalue weighted by atomic mass is 16.3. The van der Waals surface area contributed by atoms with Gasteiger partial charge in [-0.05, 0) is 74.5 Å². The Hall–Kier alpha value is -5.86. The lowest BCUT2D eigenvalue weighted by Gasteiger charge is -2.26. The van der Waals surface area contributed by atoms with E-state index >= 15 is 0 Å². The molecule has 0 N–H and O–H groups in total. The van der Waals surface area contributed by atoms with Gasteiger partial charge in [0.2, 0.25) is 0 Å². The van der Waals surface area contributed by atoms with Crippen molar-refractivity contribution in [3.8, 4) is 11.1 Å². The van der Waals surface area contributed by atoms with Crippen LogP contribution in [0.3, 0.4) is 0 Å². The maximum Gasteiger partial charge on any atom is 0.159 e. The number of rotatable bonds is 4. The summed E-state index contributed by atoms with van der Waals surface area (Å²) in [4.78, 5) is 2.33. The molecule has 0 aliphatic carbocycles. The van der Waals surface area contributed by atoms with Crippen molar-refractivity contribution in [2.45, 2.75) is 0 Å². The van der Waals surface area contributed by atoms with Gasteiger partial charge in [0.05, 0.1) is 5.69 Å². The van der Waals surface area contributed by atoms with Crippen LogP contribution in [0.15, 0.2) is 168 Å². The van der Waals surface area contributed by atoms with Crippen molar-refractivity contribution in [2.75, 3.05) is 4.90 Å². The molecule has 0 aliphatic rings. The molecule has 44 heavy (non-hydrogen) atoms. The molecule has 9 rings (SSSR count). The summed E-state index contributed by atoms with van der Waals surface area (Å²) in [6.07, 6.45) is 0. The fourth-order valence-electron chi connectivity index (χ4n) is 6.68. The van der Waals surface area contributed by atoms with E-state index in [0.717, 1.165) is 44.4 Å². The lowest BCUT2D eigenvalue weighted by atomic mass is 9.99. The summed E-state index contributed by atoms with van der Waals surface area (Å²) in [5.41, 5.74) is 7.36. The molecular weight excluding hydrogens is 534 g/mol. The van der Waals surface area contributed by atoms with Crippen molar-refractivity contribution < 1.29 is 4.42 Å². The summed E-state index contributed by atoms with van der Waals surface area (Å²) in [6.45, 7) is 0. The first-order valence-corrected chi connectivity index (χ1v) is 15.0. The largest absolute Gasteiger partial charge is 0.453 e. The van der Waals surface area contributed by atoms with Crippen molar-refractivity contribution in [3.63, 3.8) is 0 Å². The van der Waals surface area contributed by atoms with Crippen molar-refractivity contribution >= 4 is 71.3 Å². The zero-order valence-corrected chi connectivity index (χ0v) is 23.9. The third-order valence-electron chi connectivity index (χ3n) is 8.82. The van der Waals surface area contributed by atoms with Crippen molar-refractivity contribution in [3.05, 3.63) is 164 Å². The van der Waals surface area contributed by atoms with E-state index in [2.05, 4.69) is 169 Å². The van der Waals surface area contributed by atoms with Crippen LogP contribution in [-0.2, 0) is 0 Å². The van der Waals surface area contributed by atoms with Crippen molar-refractivity contribution in [1.29, 1.82) is 0 Å². The van der Waals surface area contributed by atoms with Crippen LogP contribution in [0, 0.1) is 0 Å². The Kier molecular flexibility index (Phi) is 5.54. The van der Waals surface area contributed by atoms with Gasteiger partial charge in [-0.2, -0.15) is 0 Å². The highest BCUT2D eigenvalue weighted by Crippen LogP contribution is 2.45. The number of nitrogens with zero attached hydrogens (tertiary/aromatic N) is 1. The Bertz CT molecular complexity index is 2490. The minimum atomic E-state index is 0.878. The minimum absolute atomic E-state index is 0.878. The van der Waals surface area contributed by atoms with Gasteiger partial charge in [-0.3, -0.25) is 0 Å². The van der Waals surface area contributed by atoms with Crippen molar-refractivity contribution in [2.24, 2.45) is 0 Å². The fraction of sp³-hybridized carbons (Fsp3) is 0. The molecule has 0 spiro atoms. The Morgan fingerprint density at radius 2 is 0.977 bits per heavy atom. The Labute approximate surface area is 255 Å². The molecule has 0 fully saturated rings. The van der Waals surface area contributed by atoms with Gasteiger partial charge < -0.3 is 9.32 Å². The Morgan fingerprint density at radius 1 is 0.364 bits per heavy atom. The SMILES string of the molecule is c1ccc(-c2ccc(N(c3ccc4ccccc4c3)c3cccc4c3oc3c4ccc4ccc5ccccc5c43)cc2)cc1. The zero-order valence-electron chi connectivity index (χ0n) is 23.9. The number of para-hydroxylation sites is 1. The molecule has 0 radical (unpaired) electrons. The second-order valence-corrected chi connectivity index (χ2v) is 11.4. The summed E-state index contributed by atoms with van der Waals surface area (Å²) in [5, 5.41) is 9.42.